The van der Waals surface area contributed by atoms with Crippen molar-refractivity contribution in [1.29, 1.82) is 5.26 Å². The molecule has 0 fully saturated rings. The van der Waals surface area contributed by atoms with Crippen LogP contribution >= 0.6 is 24.0 Å². The predicted molar refractivity (Wildman–Crippen MR) is 132 cm³/mol. The summed E-state index contributed by atoms with van der Waals surface area (Å²) >= 11 is 0. The number of benzene rings is 2. The number of hydrogen-bond donors (Lipinski definition) is 2. The molecule has 0 heterocycles. The molecule has 0 saturated heterocycles. The first-order valence-electron chi connectivity index (χ1n) is 10.0. The van der Waals surface area contributed by atoms with Gasteiger partial charge in [0.1, 0.15) is 0 Å². The van der Waals surface area contributed by atoms with Crippen LogP contribution in [0.1, 0.15) is 50.4 Å². The van der Waals surface area contributed by atoms with Crippen LogP contribution in [0.4, 0.5) is 0 Å². The van der Waals surface area contributed by atoms with Gasteiger partial charge in [-0.05, 0) is 63.1 Å². The first-order valence-corrected chi connectivity index (χ1v) is 10.0. The molecular formula is C23H31IN4O2. The topological polar surface area (TPSA) is 78.7 Å². The van der Waals surface area contributed by atoms with Crippen LogP contribution in [0, 0.1) is 11.3 Å². The highest BCUT2D eigenvalue weighted by molar-refractivity contribution is 14.0. The van der Waals surface area contributed by atoms with Gasteiger partial charge in [0, 0.05) is 6.54 Å². The molecule has 1 atom stereocenters. The van der Waals surface area contributed by atoms with Crippen molar-refractivity contribution in [2.24, 2.45) is 4.99 Å². The lowest BCUT2D eigenvalue weighted by atomic mass is 10.1. The third kappa shape index (κ3) is 7.75. The van der Waals surface area contributed by atoms with Crippen molar-refractivity contribution >= 4 is 29.9 Å². The van der Waals surface area contributed by atoms with Crippen molar-refractivity contribution in [3.05, 3.63) is 59.2 Å². The molecule has 6 nitrogen and oxygen atoms in total. The van der Waals surface area contributed by atoms with Gasteiger partial charge in [0.15, 0.2) is 17.5 Å². The third-order valence-corrected chi connectivity index (χ3v) is 4.27. The van der Waals surface area contributed by atoms with E-state index in [4.69, 9.17) is 14.7 Å². The number of ether oxygens (including phenoxy) is 2. The highest BCUT2D eigenvalue weighted by atomic mass is 127. The summed E-state index contributed by atoms with van der Waals surface area (Å²) in [7, 11) is 0. The number of rotatable bonds is 9. The van der Waals surface area contributed by atoms with Crippen molar-refractivity contribution in [3.8, 4) is 17.6 Å². The predicted octanol–water partition coefficient (Wildman–Crippen LogP) is 4.79. The van der Waals surface area contributed by atoms with Gasteiger partial charge in [-0.2, -0.15) is 5.26 Å². The molecule has 2 rings (SSSR count). The van der Waals surface area contributed by atoms with Crippen molar-refractivity contribution < 1.29 is 9.47 Å². The molecule has 7 heteroatoms. The molecule has 162 valence electrons. The van der Waals surface area contributed by atoms with Crippen LogP contribution in [0.25, 0.3) is 0 Å². The maximum atomic E-state index is 8.91. The maximum absolute atomic E-state index is 8.91. The first kappa shape index (κ1) is 25.6. The monoisotopic (exact) mass is 522 g/mol. The van der Waals surface area contributed by atoms with Gasteiger partial charge < -0.3 is 20.1 Å². The van der Waals surface area contributed by atoms with Gasteiger partial charge >= 0.3 is 0 Å². The van der Waals surface area contributed by atoms with E-state index in [0.717, 1.165) is 35.1 Å². The normalized spacial score (nSPS) is 11.6. The van der Waals surface area contributed by atoms with Crippen LogP contribution < -0.4 is 20.1 Å². The number of aliphatic imine (C=N–C) groups is 1. The van der Waals surface area contributed by atoms with Gasteiger partial charge in [0.25, 0.3) is 0 Å². The summed E-state index contributed by atoms with van der Waals surface area (Å²) in [4.78, 5) is 4.67. The lowest BCUT2D eigenvalue weighted by molar-refractivity contribution is 0.287. The zero-order valence-electron chi connectivity index (χ0n) is 18.1. The largest absolute Gasteiger partial charge is 0.490 e. The maximum Gasteiger partial charge on any atom is 0.192 e. The molecule has 0 spiro atoms. The molecule has 0 radical (unpaired) electrons. The second-order valence-electron chi connectivity index (χ2n) is 6.44. The molecule has 0 aliphatic heterocycles. The number of hydrogen-bond acceptors (Lipinski definition) is 4. The molecule has 0 aliphatic rings. The average molecular weight is 522 g/mol. The van der Waals surface area contributed by atoms with Gasteiger partial charge in [0.2, 0.25) is 0 Å². The van der Waals surface area contributed by atoms with E-state index in [1.165, 1.54) is 0 Å². The van der Waals surface area contributed by atoms with Gasteiger partial charge in [-0.1, -0.05) is 18.2 Å². The van der Waals surface area contributed by atoms with Gasteiger partial charge in [-0.25, -0.2) is 4.99 Å². The van der Waals surface area contributed by atoms with E-state index >= 15 is 0 Å². The Morgan fingerprint density at radius 3 is 2.30 bits per heavy atom. The Hall–Kier alpha value is -2.47. The zero-order chi connectivity index (χ0) is 21.1. The van der Waals surface area contributed by atoms with Crippen LogP contribution in [0.3, 0.4) is 0 Å². The molecule has 30 heavy (non-hydrogen) atoms. The van der Waals surface area contributed by atoms with Crippen molar-refractivity contribution in [2.45, 2.75) is 40.3 Å². The number of nitriles is 1. The molecule has 2 N–H and O–H groups in total. The molecule has 2 aromatic carbocycles. The van der Waals surface area contributed by atoms with Crippen LogP contribution in [0.15, 0.2) is 47.5 Å². The van der Waals surface area contributed by atoms with Crippen LogP contribution in [0.5, 0.6) is 11.5 Å². The van der Waals surface area contributed by atoms with Crippen LogP contribution in [-0.4, -0.2) is 25.7 Å². The van der Waals surface area contributed by atoms with E-state index in [0.29, 0.717) is 25.3 Å². The Morgan fingerprint density at radius 2 is 1.70 bits per heavy atom. The second kappa shape index (κ2) is 13.7. The summed E-state index contributed by atoms with van der Waals surface area (Å²) in [6.07, 6.45) is 0. The van der Waals surface area contributed by atoms with Crippen LogP contribution in [0.2, 0.25) is 0 Å². The Balaban J connectivity index is 0.00000450. The highest BCUT2D eigenvalue weighted by Crippen LogP contribution is 2.30. The second-order valence-corrected chi connectivity index (χ2v) is 6.44. The number of nitrogens with one attached hydrogen (secondary N) is 2. The molecule has 1 unspecified atom stereocenters. The standard InChI is InChI=1S/C23H30N4O2.HI/c1-5-25-23(26-16-19-10-8-18(15-24)9-11-19)27-17(4)20-12-13-21(28-6-2)22(14-20)29-7-3;/h8-14,17H,5-7,16H2,1-4H3,(H2,25,26,27);1H. The molecule has 0 aromatic heterocycles. The summed E-state index contributed by atoms with van der Waals surface area (Å²) in [6.45, 7) is 10.5. The SMILES string of the molecule is CCNC(=NCc1ccc(C#N)cc1)NC(C)c1ccc(OCC)c(OCC)c1.I. The lowest BCUT2D eigenvalue weighted by Crippen LogP contribution is -2.38. The Labute approximate surface area is 196 Å². The summed E-state index contributed by atoms with van der Waals surface area (Å²) in [5.74, 6) is 2.24. The first-order chi connectivity index (χ1) is 14.1. The van der Waals surface area contributed by atoms with E-state index in [9.17, 15) is 0 Å². The smallest absolute Gasteiger partial charge is 0.192 e. The number of guanidine groups is 1. The van der Waals surface area contributed by atoms with E-state index in [-0.39, 0.29) is 30.0 Å². The molecular weight excluding hydrogens is 491 g/mol. The van der Waals surface area contributed by atoms with Crippen molar-refractivity contribution in [2.75, 3.05) is 19.8 Å². The summed E-state index contributed by atoms with van der Waals surface area (Å²) in [5, 5.41) is 15.6. The summed E-state index contributed by atoms with van der Waals surface area (Å²) < 4.78 is 11.4. The third-order valence-electron chi connectivity index (χ3n) is 4.27. The molecule has 0 saturated carbocycles. The Bertz CT molecular complexity index is 847. The average Bonchev–Trinajstić information content (AvgIpc) is 2.74. The Kier molecular flexibility index (Phi) is 11.7. The quantitative estimate of drug-likeness (QED) is 0.281. The fourth-order valence-corrected chi connectivity index (χ4v) is 2.80. The lowest BCUT2D eigenvalue weighted by Gasteiger charge is -2.20. The molecule has 0 aliphatic carbocycles. The molecule has 0 bridgehead atoms. The minimum absolute atomic E-state index is 0. The zero-order valence-corrected chi connectivity index (χ0v) is 20.4. The van der Waals surface area contributed by atoms with E-state index in [2.05, 4.69) is 28.6 Å². The van der Waals surface area contributed by atoms with Crippen molar-refractivity contribution in [3.63, 3.8) is 0 Å². The fraction of sp³-hybridized carbons (Fsp3) is 0.391. The number of halogens is 1. The Morgan fingerprint density at radius 1 is 1.03 bits per heavy atom. The van der Waals surface area contributed by atoms with E-state index in [1.807, 2.05) is 63.2 Å². The van der Waals surface area contributed by atoms with Crippen LogP contribution in [-0.2, 0) is 6.54 Å². The molecule has 0 amide bonds. The number of nitrogens with zero attached hydrogens (tertiary/aromatic N) is 2. The van der Waals surface area contributed by atoms with E-state index < -0.39 is 0 Å². The minimum atomic E-state index is 0. The van der Waals surface area contributed by atoms with Crippen molar-refractivity contribution in [1.82, 2.24) is 10.6 Å². The molecule has 2 aromatic rings. The van der Waals surface area contributed by atoms with E-state index in [1.54, 1.807) is 0 Å². The minimum Gasteiger partial charge on any atom is -0.490 e. The van der Waals surface area contributed by atoms with Gasteiger partial charge in [-0.3, -0.25) is 0 Å². The highest BCUT2D eigenvalue weighted by Gasteiger charge is 2.12. The van der Waals surface area contributed by atoms with Gasteiger partial charge in [0.05, 0.1) is 37.4 Å². The fourth-order valence-electron chi connectivity index (χ4n) is 2.80. The summed E-state index contributed by atoms with van der Waals surface area (Å²) in [5.41, 5.74) is 2.78. The van der Waals surface area contributed by atoms with Gasteiger partial charge in [-0.15, -0.1) is 24.0 Å². The summed E-state index contributed by atoms with van der Waals surface area (Å²) in [6, 6.07) is 15.6.